The molecule has 0 unspecified atom stereocenters. The van der Waals surface area contributed by atoms with Crippen LogP contribution in [0, 0.1) is 6.92 Å². The Balaban J connectivity index is 1.18. The number of hydrogen-bond donors (Lipinski definition) is 1. The number of hydrogen-bond acceptors (Lipinski definition) is 5. The summed E-state index contributed by atoms with van der Waals surface area (Å²) in [7, 11) is 0. The molecule has 2 aromatic heterocycles. The molecule has 0 aliphatic carbocycles. The first-order valence-electron chi connectivity index (χ1n) is 10.6. The zero-order valence-corrected chi connectivity index (χ0v) is 18.1. The minimum absolute atomic E-state index is 0.169. The molecule has 2 heterocycles. The van der Waals surface area contributed by atoms with Crippen LogP contribution in [0.15, 0.2) is 89.6 Å². The predicted molar refractivity (Wildman–Crippen MR) is 125 cm³/mol. The van der Waals surface area contributed by atoms with Crippen molar-refractivity contribution in [2.45, 2.75) is 20.1 Å². The highest BCUT2D eigenvalue weighted by molar-refractivity contribution is 6.01. The van der Waals surface area contributed by atoms with Gasteiger partial charge in [-0.15, -0.1) is 5.10 Å². The molecule has 0 spiro atoms. The molecular formula is C26H22N4O3. The fourth-order valence-electron chi connectivity index (χ4n) is 3.46. The van der Waals surface area contributed by atoms with E-state index in [0.29, 0.717) is 12.3 Å². The Bertz CT molecular complexity index is 1400. The molecule has 1 amide bonds. The van der Waals surface area contributed by atoms with E-state index in [2.05, 4.69) is 21.5 Å². The van der Waals surface area contributed by atoms with Crippen LogP contribution in [-0.4, -0.2) is 20.7 Å². The van der Waals surface area contributed by atoms with Gasteiger partial charge in [0.05, 0.1) is 6.54 Å². The second-order valence-electron chi connectivity index (χ2n) is 7.77. The summed E-state index contributed by atoms with van der Waals surface area (Å²) < 4.78 is 13.1. The highest BCUT2D eigenvalue weighted by Gasteiger charge is 2.14. The first kappa shape index (κ1) is 20.5. The number of ether oxygens (including phenoxy) is 1. The number of furan rings is 1. The lowest BCUT2D eigenvalue weighted by molar-refractivity contribution is 0.0991. The van der Waals surface area contributed by atoms with Gasteiger partial charge in [-0.2, -0.15) is 0 Å². The van der Waals surface area contributed by atoms with Crippen LogP contribution in [0.1, 0.15) is 27.4 Å². The van der Waals surface area contributed by atoms with Crippen LogP contribution in [0.5, 0.6) is 5.75 Å². The van der Waals surface area contributed by atoms with Crippen LogP contribution < -0.4 is 10.1 Å². The van der Waals surface area contributed by atoms with Gasteiger partial charge in [0, 0.05) is 0 Å². The average Bonchev–Trinajstić information content (AvgIpc) is 3.49. The number of carbonyl (C=O) groups excluding carboxylic acids is 1. The lowest BCUT2D eigenvalue weighted by atomic mass is 10.1. The third-order valence-corrected chi connectivity index (χ3v) is 5.21. The van der Waals surface area contributed by atoms with Crippen molar-refractivity contribution < 1.29 is 13.9 Å². The molecule has 0 radical (unpaired) electrons. The van der Waals surface area contributed by atoms with E-state index in [9.17, 15) is 4.79 Å². The van der Waals surface area contributed by atoms with Crippen molar-refractivity contribution in [1.29, 1.82) is 0 Å². The van der Waals surface area contributed by atoms with E-state index in [1.807, 2.05) is 67.6 Å². The molecule has 0 aliphatic heterocycles. The van der Waals surface area contributed by atoms with Crippen LogP contribution in [0.2, 0.25) is 0 Å². The highest BCUT2D eigenvalue weighted by atomic mass is 16.5. The van der Waals surface area contributed by atoms with Crippen LogP contribution in [-0.2, 0) is 13.2 Å². The first-order valence-corrected chi connectivity index (χ1v) is 10.6. The molecular weight excluding hydrogens is 416 g/mol. The van der Waals surface area contributed by atoms with Gasteiger partial charge < -0.3 is 9.15 Å². The summed E-state index contributed by atoms with van der Waals surface area (Å²) in [6, 6.07) is 25.5. The molecule has 1 N–H and O–H groups in total. The second-order valence-corrected chi connectivity index (χ2v) is 7.77. The fraction of sp³-hybridized carbons (Fsp3) is 0.115. The smallest absolute Gasteiger partial charge is 0.293 e. The number of aryl methyl sites for hydroxylation is 1. The lowest BCUT2D eigenvalue weighted by Gasteiger charge is -2.05. The van der Waals surface area contributed by atoms with E-state index in [1.54, 1.807) is 23.1 Å². The number of aromatic nitrogens is 3. The largest absolute Gasteiger partial charge is 0.486 e. The van der Waals surface area contributed by atoms with Crippen molar-refractivity contribution >= 4 is 22.6 Å². The molecule has 0 saturated carbocycles. The lowest BCUT2D eigenvalue weighted by Crippen LogP contribution is -2.12. The van der Waals surface area contributed by atoms with Gasteiger partial charge in [-0.05, 0) is 47.5 Å². The Morgan fingerprint density at radius 3 is 2.67 bits per heavy atom. The number of nitrogens with one attached hydrogen (secondary N) is 1. The average molecular weight is 438 g/mol. The van der Waals surface area contributed by atoms with Gasteiger partial charge in [-0.1, -0.05) is 60.2 Å². The molecule has 5 rings (SSSR count). The van der Waals surface area contributed by atoms with Gasteiger partial charge in [-0.25, -0.2) is 9.67 Å². The number of amides is 1. The van der Waals surface area contributed by atoms with Crippen molar-refractivity contribution in [2.75, 3.05) is 5.32 Å². The predicted octanol–water partition coefficient (Wildman–Crippen LogP) is 5.21. The molecule has 0 fully saturated rings. The topological polar surface area (TPSA) is 82.2 Å². The van der Waals surface area contributed by atoms with Crippen LogP contribution in [0.3, 0.4) is 0 Å². The Hall–Kier alpha value is -4.39. The summed E-state index contributed by atoms with van der Waals surface area (Å²) in [5, 5.41) is 9.22. The minimum atomic E-state index is -0.417. The van der Waals surface area contributed by atoms with E-state index in [-0.39, 0.29) is 18.3 Å². The molecule has 33 heavy (non-hydrogen) atoms. The van der Waals surface area contributed by atoms with Crippen LogP contribution in [0.4, 0.5) is 5.95 Å². The van der Waals surface area contributed by atoms with Gasteiger partial charge in [0.2, 0.25) is 5.95 Å². The molecule has 164 valence electrons. The van der Waals surface area contributed by atoms with Gasteiger partial charge >= 0.3 is 0 Å². The molecule has 5 aromatic rings. The van der Waals surface area contributed by atoms with Crippen molar-refractivity contribution in [3.8, 4) is 5.75 Å². The molecule has 7 nitrogen and oxygen atoms in total. The highest BCUT2D eigenvalue weighted by Crippen LogP contribution is 2.22. The van der Waals surface area contributed by atoms with Crippen LogP contribution >= 0.6 is 0 Å². The summed E-state index contributed by atoms with van der Waals surface area (Å²) >= 11 is 0. The van der Waals surface area contributed by atoms with Crippen molar-refractivity contribution in [1.82, 2.24) is 14.8 Å². The quantitative estimate of drug-likeness (QED) is 0.377. The molecule has 0 aliphatic rings. The molecule has 0 saturated heterocycles. The third kappa shape index (κ3) is 4.93. The minimum Gasteiger partial charge on any atom is -0.486 e. The fourth-order valence-corrected chi connectivity index (χ4v) is 3.46. The number of carbonyl (C=O) groups is 1. The molecule has 7 heteroatoms. The number of anilines is 1. The summed E-state index contributed by atoms with van der Waals surface area (Å²) in [6.45, 7) is 2.83. The van der Waals surface area contributed by atoms with Crippen molar-refractivity contribution in [3.63, 3.8) is 0 Å². The number of fused-ring (bicyclic) bond motifs is 1. The SMILES string of the molecule is Cc1ccc(Cn2cnc(NC(=O)c3ccc(COc4ccc5ccccc5c4)o3)n2)cc1. The monoisotopic (exact) mass is 438 g/mol. The maximum Gasteiger partial charge on any atom is 0.293 e. The van der Waals surface area contributed by atoms with Gasteiger partial charge in [0.1, 0.15) is 24.4 Å². The normalized spacial score (nSPS) is 10.9. The molecule has 3 aromatic carbocycles. The van der Waals surface area contributed by atoms with Crippen LogP contribution in [0.25, 0.3) is 10.8 Å². The summed E-state index contributed by atoms with van der Waals surface area (Å²) in [5.74, 6) is 1.25. The summed E-state index contributed by atoms with van der Waals surface area (Å²) in [4.78, 5) is 16.7. The van der Waals surface area contributed by atoms with E-state index < -0.39 is 5.91 Å². The van der Waals surface area contributed by atoms with E-state index in [4.69, 9.17) is 9.15 Å². The first-order chi connectivity index (χ1) is 16.1. The molecule has 0 bridgehead atoms. The number of nitrogens with zero attached hydrogens (tertiary/aromatic N) is 3. The third-order valence-electron chi connectivity index (χ3n) is 5.21. The van der Waals surface area contributed by atoms with Crippen molar-refractivity contribution in [3.05, 3.63) is 108 Å². The van der Waals surface area contributed by atoms with Crippen molar-refractivity contribution in [2.24, 2.45) is 0 Å². The summed E-state index contributed by atoms with van der Waals surface area (Å²) in [5.41, 5.74) is 2.30. The standard InChI is InChI=1S/C26H22N4O3/c1-18-6-8-19(9-7-18)15-30-17-27-26(29-30)28-25(31)24-13-12-23(33-24)16-32-22-11-10-20-4-2-3-5-21(20)14-22/h2-14,17H,15-16H2,1H3,(H,28,29,31). The number of benzene rings is 3. The number of rotatable bonds is 7. The maximum absolute atomic E-state index is 12.5. The Morgan fingerprint density at radius 1 is 1.00 bits per heavy atom. The van der Waals surface area contributed by atoms with E-state index in [0.717, 1.165) is 22.1 Å². The van der Waals surface area contributed by atoms with E-state index >= 15 is 0 Å². The maximum atomic E-state index is 12.5. The van der Waals surface area contributed by atoms with Gasteiger partial charge in [-0.3, -0.25) is 10.1 Å². The zero-order valence-electron chi connectivity index (χ0n) is 18.1. The summed E-state index contributed by atoms with van der Waals surface area (Å²) in [6.07, 6.45) is 1.58. The Kier molecular flexibility index (Phi) is 5.59. The van der Waals surface area contributed by atoms with Gasteiger partial charge in [0.25, 0.3) is 5.91 Å². The Labute approximate surface area is 190 Å². The zero-order chi connectivity index (χ0) is 22.6. The Morgan fingerprint density at radius 2 is 1.82 bits per heavy atom. The van der Waals surface area contributed by atoms with E-state index in [1.165, 1.54) is 5.56 Å². The molecule has 0 atom stereocenters. The van der Waals surface area contributed by atoms with Gasteiger partial charge in [0.15, 0.2) is 5.76 Å². The second kappa shape index (κ2) is 9.00.